The largest absolute Gasteiger partial charge is 0.271 e. The van der Waals surface area contributed by atoms with Crippen molar-refractivity contribution < 1.29 is 0 Å². The Balaban J connectivity index is 3.07. The highest BCUT2D eigenvalue weighted by Gasteiger charge is 2.21. The molecule has 0 fully saturated rings. The van der Waals surface area contributed by atoms with E-state index in [1.54, 1.807) is 0 Å². The maximum atomic E-state index is 5.71. The number of nitrogens with one attached hydrogen (secondary N) is 1. The normalized spacial score (nSPS) is 13.1. The highest BCUT2D eigenvalue weighted by Crippen LogP contribution is 2.31. The summed E-state index contributed by atoms with van der Waals surface area (Å²) in [6, 6.07) is 6.54. The zero-order chi connectivity index (χ0) is 12.1. The van der Waals surface area contributed by atoms with Gasteiger partial charge in [-0.05, 0) is 30.0 Å². The maximum Gasteiger partial charge on any atom is 0.0490 e. The van der Waals surface area contributed by atoms with Gasteiger partial charge in [-0.25, -0.2) is 0 Å². The van der Waals surface area contributed by atoms with Crippen LogP contribution in [-0.2, 0) is 0 Å². The van der Waals surface area contributed by atoms with Crippen LogP contribution in [0.1, 0.15) is 43.9 Å². The molecule has 0 amide bonds. The van der Waals surface area contributed by atoms with E-state index >= 15 is 0 Å². The summed E-state index contributed by atoms with van der Waals surface area (Å²) >= 11 is 3.57. The molecule has 0 radical (unpaired) electrons. The van der Waals surface area contributed by atoms with Crippen molar-refractivity contribution in [1.82, 2.24) is 5.43 Å². The highest BCUT2D eigenvalue weighted by atomic mass is 79.9. The van der Waals surface area contributed by atoms with Crippen LogP contribution >= 0.6 is 15.9 Å². The Morgan fingerprint density at radius 2 is 1.94 bits per heavy atom. The average molecular weight is 285 g/mol. The van der Waals surface area contributed by atoms with E-state index in [4.69, 9.17) is 5.84 Å². The van der Waals surface area contributed by atoms with Crippen LogP contribution in [0.25, 0.3) is 0 Å². The molecule has 1 atom stereocenters. The summed E-state index contributed by atoms with van der Waals surface area (Å²) < 4.78 is 1.15. The lowest BCUT2D eigenvalue weighted by Gasteiger charge is -2.26. The molecule has 0 saturated heterocycles. The molecule has 3 N–H and O–H groups in total. The number of rotatable bonds is 5. The highest BCUT2D eigenvalue weighted by molar-refractivity contribution is 9.10. The van der Waals surface area contributed by atoms with Gasteiger partial charge in [-0.1, -0.05) is 54.8 Å². The molecule has 0 heterocycles. The molecular weight excluding hydrogens is 264 g/mol. The maximum absolute atomic E-state index is 5.71. The van der Waals surface area contributed by atoms with E-state index in [2.05, 4.69) is 60.3 Å². The second kappa shape index (κ2) is 6.38. The fourth-order valence-electron chi connectivity index (χ4n) is 2.20. The lowest BCUT2D eigenvalue weighted by atomic mass is 9.87. The van der Waals surface area contributed by atoms with E-state index in [0.29, 0.717) is 5.92 Å². The molecule has 0 spiro atoms. The van der Waals surface area contributed by atoms with Crippen LogP contribution < -0.4 is 11.3 Å². The molecule has 0 aliphatic rings. The summed E-state index contributed by atoms with van der Waals surface area (Å²) in [5.41, 5.74) is 5.54. The third kappa shape index (κ3) is 2.84. The van der Waals surface area contributed by atoms with Gasteiger partial charge < -0.3 is 0 Å². The van der Waals surface area contributed by atoms with Gasteiger partial charge in [0.2, 0.25) is 0 Å². The summed E-state index contributed by atoms with van der Waals surface area (Å²) in [7, 11) is 0. The molecule has 0 bridgehead atoms. The molecule has 1 rings (SSSR count). The predicted molar refractivity (Wildman–Crippen MR) is 73.0 cm³/mol. The van der Waals surface area contributed by atoms with Crippen LogP contribution in [0, 0.1) is 12.8 Å². The third-order valence-electron chi connectivity index (χ3n) is 3.34. The molecule has 0 aliphatic carbocycles. The number of hydrogen-bond donors (Lipinski definition) is 2. The fourth-order valence-corrected chi connectivity index (χ4v) is 2.58. The van der Waals surface area contributed by atoms with E-state index in [9.17, 15) is 0 Å². The van der Waals surface area contributed by atoms with Gasteiger partial charge in [0.15, 0.2) is 0 Å². The molecular formula is C13H21BrN2. The van der Waals surface area contributed by atoms with Gasteiger partial charge in [-0.15, -0.1) is 0 Å². The Hall–Kier alpha value is -0.380. The Bertz CT molecular complexity index is 335. The minimum absolute atomic E-state index is 0.243. The van der Waals surface area contributed by atoms with E-state index in [0.717, 1.165) is 17.3 Å². The average Bonchev–Trinajstić information content (AvgIpc) is 2.30. The van der Waals surface area contributed by atoms with Crippen molar-refractivity contribution in [2.75, 3.05) is 0 Å². The van der Waals surface area contributed by atoms with Gasteiger partial charge in [0.05, 0.1) is 0 Å². The minimum atomic E-state index is 0.243. The molecule has 0 saturated carbocycles. The number of benzene rings is 1. The molecule has 2 nitrogen and oxygen atoms in total. The first-order valence-electron chi connectivity index (χ1n) is 5.86. The van der Waals surface area contributed by atoms with Crippen LogP contribution in [0.2, 0.25) is 0 Å². The van der Waals surface area contributed by atoms with Gasteiger partial charge in [0.1, 0.15) is 0 Å². The molecule has 1 aromatic rings. The van der Waals surface area contributed by atoms with Crippen molar-refractivity contribution in [2.24, 2.45) is 11.8 Å². The Labute approximate surface area is 107 Å². The number of halogens is 1. The third-order valence-corrected chi connectivity index (χ3v) is 4.20. The topological polar surface area (TPSA) is 38.0 Å². The zero-order valence-corrected chi connectivity index (χ0v) is 11.8. The summed E-state index contributed by atoms with van der Waals surface area (Å²) in [6.45, 7) is 6.56. The lowest BCUT2D eigenvalue weighted by molar-refractivity contribution is 0.344. The van der Waals surface area contributed by atoms with Gasteiger partial charge in [0, 0.05) is 10.5 Å². The first-order chi connectivity index (χ1) is 7.65. The van der Waals surface area contributed by atoms with Crippen molar-refractivity contribution in [2.45, 2.75) is 39.7 Å². The summed E-state index contributed by atoms with van der Waals surface area (Å²) in [5, 5.41) is 0. The second-order valence-corrected chi connectivity index (χ2v) is 5.03. The van der Waals surface area contributed by atoms with E-state index < -0.39 is 0 Å². The van der Waals surface area contributed by atoms with Gasteiger partial charge in [0.25, 0.3) is 0 Å². The Kier molecular flexibility index (Phi) is 5.46. The molecule has 3 heteroatoms. The minimum Gasteiger partial charge on any atom is -0.271 e. The van der Waals surface area contributed by atoms with Crippen LogP contribution in [0.3, 0.4) is 0 Å². The first kappa shape index (κ1) is 13.7. The fraction of sp³-hybridized carbons (Fsp3) is 0.538. The predicted octanol–water partition coefficient (Wildman–Crippen LogP) is 3.70. The van der Waals surface area contributed by atoms with Crippen LogP contribution in [0.15, 0.2) is 22.7 Å². The molecule has 1 unspecified atom stereocenters. The number of nitrogens with two attached hydrogens (primary N) is 1. The van der Waals surface area contributed by atoms with Crippen molar-refractivity contribution in [1.29, 1.82) is 0 Å². The van der Waals surface area contributed by atoms with Crippen LogP contribution in [-0.4, -0.2) is 0 Å². The summed E-state index contributed by atoms with van der Waals surface area (Å²) in [4.78, 5) is 0. The SMILES string of the molecule is CCC(CC)C(NN)c1cccc(Br)c1C. The Morgan fingerprint density at radius 1 is 1.31 bits per heavy atom. The van der Waals surface area contributed by atoms with Gasteiger partial charge in [-0.3, -0.25) is 11.3 Å². The van der Waals surface area contributed by atoms with Crippen molar-refractivity contribution >= 4 is 15.9 Å². The summed E-state index contributed by atoms with van der Waals surface area (Å²) in [6.07, 6.45) is 2.27. The molecule has 90 valence electrons. The molecule has 0 aromatic heterocycles. The van der Waals surface area contributed by atoms with E-state index in [-0.39, 0.29) is 6.04 Å². The smallest absolute Gasteiger partial charge is 0.0490 e. The molecule has 1 aromatic carbocycles. The monoisotopic (exact) mass is 284 g/mol. The van der Waals surface area contributed by atoms with Crippen molar-refractivity contribution in [3.05, 3.63) is 33.8 Å². The summed E-state index contributed by atoms with van der Waals surface area (Å²) in [5.74, 6) is 6.29. The van der Waals surface area contributed by atoms with Crippen molar-refractivity contribution in [3.8, 4) is 0 Å². The van der Waals surface area contributed by atoms with Crippen LogP contribution in [0.5, 0.6) is 0 Å². The lowest BCUT2D eigenvalue weighted by Crippen LogP contribution is -2.33. The van der Waals surface area contributed by atoms with E-state index in [1.807, 2.05) is 0 Å². The Morgan fingerprint density at radius 3 is 2.44 bits per heavy atom. The molecule has 16 heavy (non-hydrogen) atoms. The van der Waals surface area contributed by atoms with Crippen LogP contribution in [0.4, 0.5) is 0 Å². The van der Waals surface area contributed by atoms with Gasteiger partial charge >= 0.3 is 0 Å². The number of hydrazine groups is 1. The quantitative estimate of drug-likeness (QED) is 0.639. The zero-order valence-electron chi connectivity index (χ0n) is 10.3. The van der Waals surface area contributed by atoms with E-state index in [1.165, 1.54) is 11.1 Å². The van der Waals surface area contributed by atoms with Gasteiger partial charge in [-0.2, -0.15) is 0 Å². The second-order valence-electron chi connectivity index (χ2n) is 4.17. The standard InChI is InChI=1S/C13H21BrN2/c1-4-10(5-2)13(16-15)11-7-6-8-12(14)9(11)3/h6-8,10,13,16H,4-5,15H2,1-3H3. The number of hydrogen-bond acceptors (Lipinski definition) is 2. The van der Waals surface area contributed by atoms with Crippen molar-refractivity contribution in [3.63, 3.8) is 0 Å². The first-order valence-corrected chi connectivity index (χ1v) is 6.66. The molecule has 0 aliphatic heterocycles.